The summed E-state index contributed by atoms with van der Waals surface area (Å²) in [7, 11) is -3.71. The second-order valence-corrected chi connectivity index (χ2v) is 7.90. The summed E-state index contributed by atoms with van der Waals surface area (Å²) >= 11 is 0. The van der Waals surface area contributed by atoms with E-state index in [1.807, 2.05) is 0 Å². The van der Waals surface area contributed by atoms with Gasteiger partial charge in [-0.1, -0.05) is 12.1 Å². The highest BCUT2D eigenvalue weighted by molar-refractivity contribution is 7.89. The van der Waals surface area contributed by atoms with Crippen LogP contribution in [0.3, 0.4) is 0 Å². The molecule has 0 unspecified atom stereocenters. The van der Waals surface area contributed by atoms with Crippen LogP contribution in [0.25, 0.3) is 0 Å². The van der Waals surface area contributed by atoms with Gasteiger partial charge in [-0.05, 0) is 38.5 Å². The molecular formula is C16H24N2O6S. The zero-order valence-corrected chi connectivity index (χ0v) is 15.4. The smallest absolute Gasteiger partial charge is 0.407 e. The molecule has 0 aliphatic rings. The molecule has 0 fully saturated rings. The first-order valence-corrected chi connectivity index (χ1v) is 9.26. The minimum atomic E-state index is -3.71. The van der Waals surface area contributed by atoms with Crippen molar-refractivity contribution in [3.63, 3.8) is 0 Å². The lowest BCUT2D eigenvalue weighted by atomic mass is 10.2. The van der Waals surface area contributed by atoms with Crippen molar-refractivity contribution in [3.8, 4) is 0 Å². The van der Waals surface area contributed by atoms with E-state index in [0.717, 1.165) is 5.56 Å². The minimum absolute atomic E-state index is 0.0291. The van der Waals surface area contributed by atoms with Gasteiger partial charge in [-0.15, -0.1) is 0 Å². The summed E-state index contributed by atoms with van der Waals surface area (Å²) in [6.07, 6.45) is -0.116. The number of nitrogens with two attached hydrogens (primary N) is 1. The van der Waals surface area contributed by atoms with Gasteiger partial charge in [0.15, 0.2) is 0 Å². The second-order valence-electron chi connectivity index (χ2n) is 6.34. The number of ether oxygens (including phenoxy) is 2. The van der Waals surface area contributed by atoms with Crippen molar-refractivity contribution in [1.82, 2.24) is 5.32 Å². The Balaban J connectivity index is 2.25. The largest absolute Gasteiger partial charge is 0.465 e. The van der Waals surface area contributed by atoms with Crippen LogP contribution in [0.5, 0.6) is 0 Å². The maximum Gasteiger partial charge on any atom is 0.407 e. The summed E-state index contributed by atoms with van der Waals surface area (Å²) in [6.45, 7) is 5.51. The van der Waals surface area contributed by atoms with Crippen LogP contribution in [0.15, 0.2) is 29.2 Å². The number of nitrogens with one attached hydrogen (secondary N) is 1. The molecule has 0 aliphatic heterocycles. The standard InChI is InChI=1S/C16H24N2O6S/c1-16(2,3)24-15(20)18-10-8-14(19)23-11-9-12-4-6-13(7-5-12)25(17,21)22/h4-7H,8-11H2,1-3H3,(H,18,20)(H2,17,21,22). The molecule has 0 aromatic heterocycles. The summed E-state index contributed by atoms with van der Waals surface area (Å²) < 4.78 is 32.4. The average Bonchev–Trinajstić information content (AvgIpc) is 2.45. The van der Waals surface area contributed by atoms with Crippen molar-refractivity contribution in [1.29, 1.82) is 0 Å². The molecule has 1 amide bonds. The first kappa shape index (κ1) is 20.9. The number of carbonyl (C=O) groups excluding carboxylic acids is 2. The molecule has 0 aliphatic carbocycles. The molecule has 1 aromatic rings. The van der Waals surface area contributed by atoms with Crippen molar-refractivity contribution in [2.75, 3.05) is 13.2 Å². The van der Waals surface area contributed by atoms with E-state index in [-0.39, 0.29) is 24.5 Å². The lowest BCUT2D eigenvalue weighted by Crippen LogP contribution is -2.33. The Morgan fingerprint density at radius 3 is 2.28 bits per heavy atom. The highest BCUT2D eigenvalue weighted by Crippen LogP contribution is 2.09. The molecule has 140 valence electrons. The van der Waals surface area contributed by atoms with Gasteiger partial charge in [-0.2, -0.15) is 0 Å². The van der Waals surface area contributed by atoms with Crippen LogP contribution in [0.1, 0.15) is 32.8 Å². The lowest BCUT2D eigenvalue weighted by molar-refractivity contribution is -0.143. The summed E-state index contributed by atoms with van der Waals surface area (Å²) in [5.41, 5.74) is 0.218. The first-order chi connectivity index (χ1) is 11.5. The molecule has 0 saturated heterocycles. The Hall–Kier alpha value is -2.13. The number of benzene rings is 1. The number of esters is 1. The van der Waals surface area contributed by atoms with E-state index < -0.39 is 27.7 Å². The van der Waals surface area contributed by atoms with Gasteiger partial charge in [0.05, 0.1) is 17.9 Å². The molecule has 0 bridgehead atoms. The number of amides is 1. The van der Waals surface area contributed by atoms with E-state index in [1.165, 1.54) is 12.1 Å². The van der Waals surface area contributed by atoms with Gasteiger partial charge in [0.25, 0.3) is 0 Å². The van der Waals surface area contributed by atoms with Gasteiger partial charge in [-0.25, -0.2) is 18.4 Å². The van der Waals surface area contributed by atoms with E-state index in [9.17, 15) is 18.0 Å². The number of hydrogen-bond acceptors (Lipinski definition) is 6. The Morgan fingerprint density at radius 1 is 1.16 bits per heavy atom. The van der Waals surface area contributed by atoms with Crippen molar-refractivity contribution in [2.45, 2.75) is 44.1 Å². The Bertz CT molecular complexity index is 692. The van der Waals surface area contributed by atoms with Crippen molar-refractivity contribution >= 4 is 22.1 Å². The molecule has 0 heterocycles. The monoisotopic (exact) mass is 372 g/mol. The fraction of sp³-hybridized carbons (Fsp3) is 0.500. The first-order valence-electron chi connectivity index (χ1n) is 7.71. The van der Waals surface area contributed by atoms with Crippen molar-refractivity contribution in [3.05, 3.63) is 29.8 Å². The topological polar surface area (TPSA) is 125 Å². The quantitative estimate of drug-likeness (QED) is 0.696. The fourth-order valence-electron chi connectivity index (χ4n) is 1.78. The van der Waals surface area contributed by atoms with Crippen LogP contribution in [0, 0.1) is 0 Å². The van der Waals surface area contributed by atoms with Crippen molar-refractivity contribution < 1.29 is 27.5 Å². The normalized spacial score (nSPS) is 11.7. The third-order valence-electron chi connectivity index (χ3n) is 2.90. The highest BCUT2D eigenvalue weighted by Gasteiger charge is 2.16. The van der Waals surface area contributed by atoms with Gasteiger partial charge in [-0.3, -0.25) is 4.79 Å². The highest BCUT2D eigenvalue weighted by atomic mass is 32.2. The van der Waals surface area contributed by atoms with Crippen LogP contribution in [0.4, 0.5) is 4.79 Å². The predicted octanol–water partition coefficient (Wildman–Crippen LogP) is 1.33. The number of sulfonamides is 1. The molecule has 9 heteroatoms. The zero-order chi connectivity index (χ0) is 19.1. The second kappa shape index (κ2) is 8.82. The van der Waals surface area contributed by atoms with Gasteiger partial charge < -0.3 is 14.8 Å². The fourth-order valence-corrected chi connectivity index (χ4v) is 2.30. The summed E-state index contributed by atoms with van der Waals surface area (Å²) in [5, 5.41) is 7.48. The van der Waals surface area contributed by atoms with E-state index in [1.54, 1.807) is 32.9 Å². The number of alkyl carbamates (subject to hydrolysis) is 1. The van der Waals surface area contributed by atoms with E-state index in [4.69, 9.17) is 14.6 Å². The average molecular weight is 372 g/mol. The molecule has 1 aromatic carbocycles. The third-order valence-corrected chi connectivity index (χ3v) is 3.83. The molecule has 0 spiro atoms. The van der Waals surface area contributed by atoms with Crippen LogP contribution < -0.4 is 10.5 Å². The summed E-state index contributed by atoms with van der Waals surface area (Å²) in [4.78, 5) is 23.0. The zero-order valence-electron chi connectivity index (χ0n) is 14.6. The molecule has 0 radical (unpaired) electrons. The van der Waals surface area contributed by atoms with Gasteiger partial charge in [0.1, 0.15) is 5.60 Å². The molecule has 0 atom stereocenters. The Labute approximate surface area is 147 Å². The van der Waals surface area contributed by atoms with Crippen LogP contribution in [-0.2, 0) is 30.7 Å². The minimum Gasteiger partial charge on any atom is -0.465 e. The number of hydrogen-bond donors (Lipinski definition) is 2. The predicted molar refractivity (Wildman–Crippen MR) is 91.3 cm³/mol. The number of carbonyl (C=O) groups is 2. The lowest BCUT2D eigenvalue weighted by Gasteiger charge is -2.19. The molecule has 0 saturated carbocycles. The van der Waals surface area contributed by atoms with Gasteiger partial charge in [0.2, 0.25) is 10.0 Å². The molecule has 3 N–H and O–H groups in total. The molecular weight excluding hydrogens is 348 g/mol. The Kier molecular flexibility index (Phi) is 7.38. The van der Waals surface area contributed by atoms with Gasteiger partial charge >= 0.3 is 12.1 Å². The van der Waals surface area contributed by atoms with Crippen LogP contribution in [0.2, 0.25) is 0 Å². The summed E-state index contributed by atoms with van der Waals surface area (Å²) in [6, 6.07) is 6.02. The molecule has 1 rings (SSSR count). The van der Waals surface area contributed by atoms with E-state index in [2.05, 4.69) is 5.32 Å². The maximum absolute atomic E-state index is 11.6. The SMILES string of the molecule is CC(C)(C)OC(=O)NCCC(=O)OCCc1ccc(S(N)(=O)=O)cc1. The Morgan fingerprint density at radius 2 is 1.76 bits per heavy atom. The van der Waals surface area contributed by atoms with E-state index >= 15 is 0 Å². The molecule has 25 heavy (non-hydrogen) atoms. The number of rotatable bonds is 7. The third kappa shape index (κ3) is 9.06. The number of primary sulfonamides is 1. The van der Waals surface area contributed by atoms with Crippen LogP contribution in [-0.4, -0.2) is 39.2 Å². The molecule has 8 nitrogen and oxygen atoms in total. The maximum atomic E-state index is 11.6. The summed E-state index contributed by atoms with van der Waals surface area (Å²) in [5.74, 6) is -0.447. The van der Waals surface area contributed by atoms with E-state index in [0.29, 0.717) is 6.42 Å². The van der Waals surface area contributed by atoms with Crippen molar-refractivity contribution in [2.24, 2.45) is 5.14 Å². The van der Waals surface area contributed by atoms with Crippen LogP contribution >= 0.6 is 0 Å². The van der Waals surface area contributed by atoms with Gasteiger partial charge in [0, 0.05) is 13.0 Å².